The lowest BCUT2D eigenvalue weighted by Crippen LogP contribution is -2.48. The number of hydrogen-bond donors (Lipinski definition) is 1. The molecule has 11 nitrogen and oxygen atoms in total. The van der Waals surface area contributed by atoms with Crippen molar-refractivity contribution in [1.29, 1.82) is 0 Å². The van der Waals surface area contributed by atoms with Crippen LogP contribution in [0.25, 0.3) is 20.9 Å². The minimum Gasteiger partial charge on any atom is -0.481 e. The minimum atomic E-state index is -0.989. The Bertz CT molecular complexity index is 799. The molecule has 11 heteroatoms. The molecule has 136 valence electrons. The number of carbonyl (C=O) groups excluding carboxylic acids is 1. The number of rotatable bonds is 6. The van der Waals surface area contributed by atoms with Gasteiger partial charge in [0.15, 0.2) is 0 Å². The van der Waals surface area contributed by atoms with Crippen molar-refractivity contribution in [1.82, 2.24) is 4.90 Å². The number of hydrogen-bond acceptors (Lipinski definition) is 5. The summed E-state index contributed by atoms with van der Waals surface area (Å²) in [5.74, 6) is -2.12. The number of carboxylic acid groups (broad SMARTS) is 1. The number of amides is 1. The zero-order valence-corrected chi connectivity index (χ0v) is 14.0. The smallest absolute Gasteiger partial charge is 0.308 e. The van der Waals surface area contributed by atoms with Gasteiger partial charge in [-0.15, -0.1) is 0 Å². The molecule has 0 saturated carbocycles. The molecule has 1 aromatic carbocycles. The maximum Gasteiger partial charge on any atom is 0.308 e. The van der Waals surface area contributed by atoms with Crippen molar-refractivity contribution >= 4 is 17.6 Å². The summed E-state index contributed by atoms with van der Waals surface area (Å²) >= 11 is 0. The number of piperidine rings is 1. The summed E-state index contributed by atoms with van der Waals surface area (Å²) in [5.41, 5.74) is 18.0. The molecule has 0 aliphatic carbocycles. The molecule has 26 heavy (non-hydrogen) atoms. The fourth-order valence-corrected chi connectivity index (χ4v) is 2.86. The molecule has 1 fully saturated rings. The van der Waals surface area contributed by atoms with E-state index < -0.39 is 17.8 Å². The highest BCUT2D eigenvalue weighted by Crippen LogP contribution is 2.24. The van der Waals surface area contributed by atoms with Crippen LogP contribution in [0.5, 0.6) is 0 Å². The van der Waals surface area contributed by atoms with E-state index in [1.54, 1.807) is 0 Å². The lowest BCUT2D eigenvalue weighted by molar-refractivity contribution is -0.145. The zero-order chi connectivity index (χ0) is 19.1. The summed E-state index contributed by atoms with van der Waals surface area (Å²) in [6.45, 7) is 0.312. The van der Waals surface area contributed by atoms with Crippen LogP contribution in [0.4, 0.5) is 5.69 Å². The van der Waals surface area contributed by atoms with E-state index in [-0.39, 0.29) is 37.0 Å². The summed E-state index contributed by atoms with van der Waals surface area (Å²) in [6.07, 6.45) is -0.0481. The predicted molar refractivity (Wildman–Crippen MR) is 90.5 cm³/mol. The van der Waals surface area contributed by atoms with Gasteiger partial charge in [0, 0.05) is 41.3 Å². The van der Waals surface area contributed by atoms with E-state index in [1.165, 1.54) is 30.2 Å². The molecule has 1 N–H and O–H groups in total. The van der Waals surface area contributed by atoms with Crippen LogP contribution in [-0.4, -0.2) is 48.2 Å². The van der Waals surface area contributed by atoms with Gasteiger partial charge in [0.25, 0.3) is 5.91 Å². The molecule has 0 bridgehead atoms. The van der Waals surface area contributed by atoms with Gasteiger partial charge in [-0.1, -0.05) is 10.2 Å². The number of ether oxygens (including phenoxy) is 1. The van der Waals surface area contributed by atoms with Gasteiger partial charge < -0.3 is 14.7 Å². The van der Waals surface area contributed by atoms with Gasteiger partial charge in [0.2, 0.25) is 0 Å². The molecule has 2 atom stereocenters. The number of aliphatic carboxylic acids is 1. The molecule has 1 aliphatic rings. The summed E-state index contributed by atoms with van der Waals surface area (Å²) in [4.78, 5) is 31.0. The fraction of sp³-hybridized carbons (Fsp3) is 0.467. The number of likely N-dealkylation sites (tertiary alicyclic amines) is 1. The Morgan fingerprint density at radius 1 is 1.31 bits per heavy atom. The first-order chi connectivity index (χ1) is 12.5. The van der Waals surface area contributed by atoms with E-state index in [4.69, 9.17) is 15.8 Å². The first-order valence-electron chi connectivity index (χ1n) is 7.73. The highest BCUT2D eigenvalue weighted by Gasteiger charge is 2.34. The van der Waals surface area contributed by atoms with E-state index in [2.05, 4.69) is 20.1 Å². The second-order valence-corrected chi connectivity index (χ2v) is 5.81. The van der Waals surface area contributed by atoms with Gasteiger partial charge >= 0.3 is 5.97 Å². The third-order valence-corrected chi connectivity index (χ3v) is 4.08. The first-order valence-corrected chi connectivity index (χ1v) is 7.73. The topological polar surface area (TPSA) is 164 Å². The van der Waals surface area contributed by atoms with Crippen molar-refractivity contribution in [2.45, 2.75) is 19.1 Å². The number of methoxy groups -OCH3 is 1. The number of benzene rings is 1. The van der Waals surface area contributed by atoms with E-state index in [9.17, 15) is 14.7 Å². The Morgan fingerprint density at radius 3 is 2.69 bits per heavy atom. The maximum absolute atomic E-state index is 12.9. The Morgan fingerprint density at radius 2 is 2.08 bits per heavy atom. The Hall–Kier alpha value is -3.26. The Kier molecular flexibility index (Phi) is 6.40. The van der Waals surface area contributed by atoms with Crippen molar-refractivity contribution < 1.29 is 19.4 Å². The van der Waals surface area contributed by atoms with Gasteiger partial charge in [-0.2, -0.15) is 0 Å². The average molecular weight is 359 g/mol. The van der Waals surface area contributed by atoms with Crippen LogP contribution in [0.2, 0.25) is 0 Å². The first kappa shape index (κ1) is 19.1. The summed E-state index contributed by atoms with van der Waals surface area (Å²) in [7, 11) is 1.47. The quantitative estimate of drug-likeness (QED) is 0.469. The number of azide groups is 2. The van der Waals surface area contributed by atoms with E-state index in [1.807, 2.05) is 0 Å². The number of carboxylic acids is 1. The summed E-state index contributed by atoms with van der Waals surface area (Å²) in [6, 6.07) is 4.45. The van der Waals surface area contributed by atoms with Gasteiger partial charge in [-0.05, 0) is 41.2 Å². The third kappa shape index (κ3) is 4.64. The summed E-state index contributed by atoms with van der Waals surface area (Å²) in [5, 5.41) is 16.2. The lowest BCUT2D eigenvalue weighted by Gasteiger charge is -2.35. The molecule has 1 saturated heterocycles. The SMILES string of the molecule is COC1CC(C(=O)O)CN(C(=O)c2cc(CN=[N+]=[N-])cc(N=[N+]=[N-])c2)C1. The highest BCUT2D eigenvalue weighted by molar-refractivity contribution is 5.95. The molecule has 2 rings (SSSR count). The minimum absolute atomic E-state index is 0.00991. The van der Waals surface area contributed by atoms with Crippen molar-refractivity contribution in [3.63, 3.8) is 0 Å². The molecule has 0 radical (unpaired) electrons. The number of carbonyl (C=O) groups is 2. The lowest BCUT2D eigenvalue weighted by atomic mass is 9.95. The fourth-order valence-electron chi connectivity index (χ4n) is 2.86. The molecule has 0 spiro atoms. The van der Waals surface area contributed by atoms with Crippen LogP contribution >= 0.6 is 0 Å². The van der Waals surface area contributed by atoms with Crippen LogP contribution in [0.3, 0.4) is 0 Å². The van der Waals surface area contributed by atoms with Crippen molar-refractivity contribution in [3.05, 3.63) is 50.2 Å². The molecule has 1 amide bonds. The molecule has 1 aromatic rings. The third-order valence-electron chi connectivity index (χ3n) is 4.08. The molecular weight excluding hydrogens is 342 g/mol. The van der Waals surface area contributed by atoms with E-state index in [0.717, 1.165) is 0 Å². The van der Waals surface area contributed by atoms with Crippen molar-refractivity contribution in [2.75, 3.05) is 20.2 Å². The van der Waals surface area contributed by atoms with Crippen LogP contribution < -0.4 is 0 Å². The molecular formula is C15H17N7O4. The van der Waals surface area contributed by atoms with E-state index in [0.29, 0.717) is 12.0 Å². The molecule has 1 heterocycles. The van der Waals surface area contributed by atoms with Crippen LogP contribution in [0, 0.1) is 5.92 Å². The molecule has 0 aromatic heterocycles. The Balaban J connectivity index is 2.34. The monoisotopic (exact) mass is 359 g/mol. The van der Waals surface area contributed by atoms with Gasteiger partial charge in [0.05, 0.1) is 18.6 Å². The number of nitrogens with zero attached hydrogens (tertiary/aromatic N) is 7. The standard InChI is InChI=1S/C15H17N7O4/c1-26-13-5-11(15(24)25)7-22(8-13)14(23)10-2-9(6-18-20-16)3-12(4-10)19-21-17/h2-4,11,13H,5-8H2,1H3,(H,24,25). The molecule has 2 unspecified atom stereocenters. The van der Waals surface area contributed by atoms with Crippen LogP contribution in [0.15, 0.2) is 28.4 Å². The van der Waals surface area contributed by atoms with Crippen LogP contribution in [0.1, 0.15) is 22.3 Å². The predicted octanol–water partition coefficient (Wildman–Crippen LogP) is 3.00. The van der Waals surface area contributed by atoms with Gasteiger partial charge in [-0.3, -0.25) is 9.59 Å². The summed E-state index contributed by atoms with van der Waals surface area (Å²) < 4.78 is 5.25. The van der Waals surface area contributed by atoms with E-state index >= 15 is 0 Å². The second-order valence-electron chi connectivity index (χ2n) is 5.81. The normalized spacial score (nSPS) is 19.2. The largest absolute Gasteiger partial charge is 0.481 e. The average Bonchev–Trinajstić information content (AvgIpc) is 2.65. The van der Waals surface area contributed by atoms with Gasteiger partial charge in [-0.25, -0.2) is 0 Å². The van der Waals surface area contributed by atoms with Crippen molar-refractivity contribution in [3.8, 4) is 0 Å². The molecule has 1 aliphatic heterocycles. The van der Waals surface area contributed by atoms with Crippen molar-refractivity contribution in [2.24, 2.45) is 16.1 Å². The zero-order valence-electron chi connectivity index (χ0n) is 14.0. The second kappa shape index (κ2) is 8.72. The van der Waals surface area contributed by atoms with Gasteiger partial charge in [0.1, 0.15) is 0 Å². The van der Waals surface area contributed by atoms with Crippen LogP contribution in [-0.2, 0) is 16.1 Å². The Labute approximate surface area is 148 Å². The maximum atomic E-state index is 12.9. The highest BCUT2D eigenvalue weighted by atomic mass is 16.5.